The van der Waals surface area contributed by atoms with Gasteiger partial charge in [-0.25, -0.2) is 10.2 Å². The molecule has 3 aromatic rings. The van der Waals surface area contributed by atoms with Gasteiger partial charge in [-0.1, -0.05) is 30.3 Å². The van der Waals surface area contributed by atoms with Gasteiger partial charge in [0, 0.05) is 23.3 Å². The summed E-state index contributed by atoms with van der Waals surface area (Å²) >= 11 is 0. The van der Waals surface area contributed by atoms with Gasteiger partial charge in [-0.2, -0.15) is 5.10 Å². The van der Waals surface area contributed by atoms with Crippen molar-refractivity contribution in [1.82, 2.24) is 5.43 Å². The smallest absolute Gasteiger partial charge is 0.343 e. The highest BCUT2D eigenvalue weighted by Gasteiger charge is 2.11. The van der Waals surface area contributed by atoms with E-state index in [2.05, 4.69) is 10.5 Å². The van der Waals surface area contributed by atoms with Gasteiger partial charge in [0.25, 0.3) is 11.6 Å². The fraction of sp³-hybridized carbons (Fsp3) is 0. The maximum absolute atomic E-state index is 12.2. The van der Waals surface area contributed by atoms with Crippen LogP contribution in [0.1, 0.15) is 26.3 Å². The molecule has 3 rings (SSSR count). The van der Waals surface area contributed by atoms with Crippen molar-refractivity contribution >= 4 is 23.8 Å². The fourth-order valence-corrected chi connectivity index (χ4v) is 2.37. The first-order chi connectivity index (χ1) is 14.0. The van der Waals surface area contributed by atoms with Crippen LogP contribution in [0.15, 0.2) is 84.0 Å². The SMILES string of the molecule is O=C(NN=Cc1ccccc1OC(=O)c1ccccc1)c1ccc([N+](=O)[O-])cc1. The molecule has 1 amide bonds. The van der Waals surface area contributed by atoms with Gasteiger partial charge in [0.15, 0.2) is 0 Å². The minimum atomic E-state index is -0.548. The summed E-state index contributed by atoms with van der Waals surface area (Å²) in [7, 11) is 0. The summed E-state index contributed by atoms with van der Waals surface area (Å²) in [5, 5.41) is 14.5. The minimum Gasteiger partial charge on any atom is -0.422 e. The van der Waals surface area contributed by atoms with Crippen molar-refractivity contribution in [2.24, 2.45) is 5.10 Å². The monoisotopic (exact) mass is 389 g/mol. The molecule has 8 heteroatoms. The second-order valence-corrected chi connectivity index (χ2v) is 5.80. The molecule has 0 aromatic heterocycles. The second kappa shape index (κ2) is 9.05. The molecule has 3 aromatic carbocycles. The zero-order valence-electron chi connectivity index (χ0n) is 15.0. The van der Waals surface area contributed by atoms with Crippen LogP contribution in [0.3, 0.4) is 0 Å². The van der Waals surface area contributed by atoms with Gasteiger partial charge in [-0.05, 0) is 36.4 Å². The third-order valence-corrected chi connectivity index (χ3v) is 3.84. The Balaban J connectivity index is 1.67. The highest BCUT2D eigenvalue weighted by molar-refractivity contribution is 5.96. The number of para-hydroxylation sites is 1. The fourth-order valence-electron chi connectivity index (χ4n) is 2.37. The molecule has 0 saturated heterocycles. The molecule has 1 N–H and O–H groups in total. The molecule has 0 spiro atoms. The van der Waals surface area contributed by atoms with Crippen LogP contribution in [0.25, 0.3) is 0 Å². The molecule has 0 aliphatic rings. The lowest BCUT2D eigenvalue weighted by atomic mass is 10.2. The van der Waals surface area contributed by atoms with Gasteiger partial charge >= 0.3 is 5.97 Å². The molecule has 0 aliphatic carbocycles. The lowest BCUT2D eigenvalue weighted by molar-refractivity contribution is -0.384. The molecule has 0 aliphatic heterocycles. The Morgan fingerprint density at radius 2 is 1.55 bits per heavy atom. The number of carbonyl (C=O) groups is 2. The van der Waals surface area contributed by atoms with Crippen LogP contribution in [-0.2, 0) is 0 Å². The average Bonchev–Trinajstić information content (AvgIpc) is 2.75. The first-order valence-corrected chi connectivity index (χ1v) is 8.49. The third-order valence-electron chi connectivity index (χ3n) is 3.84. The summed E-state index contributed by atoms with van der Waals surface area (Å²) in [6.07, 6.45) is 1.34. The number of hydrogen-bond donors (Lipinski definition) is 1. The van der Waals surface area contributed by atoms with E-state index in [1.165, 1.54) is 30.5 Å². The van der Waals surface area contributed by atoms with E-state index in [4.69, 9.17) is 4.74 Å². The summed E-state index contributed by atoms with van der Waals surface area (Å²) in [5.74, 6) is -0.758. The van der Waals surface area contributed by atoms with E-state index in [-0.39, 0.29) is 17.0 Å². The van der Waals surface area contributed by atoms with Gasteiger partial charge < -0.3 is 4.74 Å². The van der Waals surface area contributed by atoms with Crippen LogP contribution in [-0.4, -0.2) is 23.0 Å². The van der Waals surface area contributed by atoms with Gasteiger partial charge in [0.05, 0.1) is 16.7 Å². The molecule has 0 atom stereocenters. The topological polar surface area (TPSA) is 111 Å². The Morgan fingerprint density at radius 3 is 2.24 bits per heavy atom. The number of nitro groups is 1. The minimum absolute atomic E-state index is 0.112. The predicted molar refractivity (Wildman–Crippen MR) is 106 cm³/mol. The summed E-state index contributed by atoms with van der Waals surface area (Å²) in [5.41, 5.74) is 3.33. The van der Waals surface area contributed by atoms with E-state index in [1.54, 1.807) is 54.6 Å². The van der Waals surface area contributed by atoms with Crippen LogP contribution in [0.5, 0.6) is 5.75 Å². The molecule has 0 bridgehead atoms. The van der Waals surface area contributed by atoms with Crippen molar-refractivity contribution in [3.8, 4) is 5.75 Å². The molecule has 144 valence electrons. The number of carbonyl (C=O) groups excluding carboxylic acids is 2. The third kappa shape index (κ3) is 5.10. The van der Waals surface area contributed by atoms with E-state index in [0.29, 0.717) is 11.1 Å². The first kappa shape index (κ1) is 19.4. The molecule has 0 saturated carbocycles. The Kier molecular flexibility index (Phi) is 6.06. The highest BCUT2D eigenvalue weighted by Crippen LogP contribution is 2.18. The van der Waals surface area contributed by atoms with E-state index >= 15 is 0 Å². The van der Waals surface area contributed by atoms with Crippen LogP contribution < -0.4 is 10.2 Å². The van der Waals surface area contributed by atoms with E-state index in [9.17, 15) is 19.7 Å². The van der Waals surface area contributed by atoms with Crippen LogP contribution in [0.4, 0.5) is 5.69 Å². The van der Waals surface area contributed by atoms with Gasteiger partial charge in [0.1, 0.15) is 5.75 Å². The van der Waals surface area contributed by atoms with Crippen molar-refractivity contribution < 1.29 is 19.2 Å². The van der Waals surface area contributed by atoms with Crippen LogP contribution >= 0.6 is 0 Å². The number of nitrogens with zero attached hydrogens (tertiary/aromatic N) is 2. The van der Waals surface area contributed by atoms with Crippen LogP contribution in [0, 0.1) is 10.1 Å². The number of non-ortho nitro benzene ring substituents is 1. The van der Waals surface area contributed by atoms with Gasteiger partial charge in [-0.15, -0.1) is 0 Å². The number of ether oxygens (including phenoxy) is 1. The number of hydrazone groups is 1. The molecule has 8 nitrogen and oxygen atoms in total. The van der Waals surface area contributed by atoms with E-state index in [1.807, 2.05) is 0 Å². The summed E-state index contributed by atoms with van der Waals surface area (Å²) in [4.78, 5) is 34.4. The van der Waals surface area contributed by atoms with E-state index in [0.717, 1.165) is 0 Å². The number of benzene rings is 3. The number of esters is 1. The average molecular weight is 389 g/mol. The standard InChI is InChI=1S/C21H15N3O5/c25-20(15-10-12-18(13-11-15)24(27)28)23-22-14-17-8-4-5-9-19(17)29-21(26)16-6-2-1-3-7-16/h1-14H,(H,23,25). The number of hydrogen-bond acceptors (Lipinski definition) is 6. The Bertz CT molecular complexity index is 1060. The molecule has 29 heavy (non-hydrogen) atoms. The lowest BCUT2D eigenvalue weighted by Crippen LogP contribution is -2.17. The number of amides is 1. The molecule has 0 radical (unpaired) electrons. The van der Waals surface area contributed by atoms with E-state index < -0.39 is 16.8 Å². The largest absolute Gasteiger partial charge is 0.422 e. The Labute approximate surface area is 165 Å². The predicted octanol–water partition coefficient (Wildman–Crippen LogP) is 3.58. The Morgan fingerprint density at radius 1 is 0.897 bits per heavy atom. The quantitative estimate of drug-likeness (QED) is 0.228. The lowest BCUT2D eigenvalue weighted by Gasteiger charge is -2.07. The summed E-state index contributed by atoms with van der Waals surface area (Å²) in [6.45, 7) is 0. The number of nitro benzene ring substituents is 1. The maximum atomic E-state index is 12.2. The number of nitrogens with one attached hydrogen (secondary N) is 1. The first-order valence-electron chi connectivity index (χ1n) is 8.49. The van der Waals surface area contributed by atoms with Gasteiger partial charge in [-0.3, -0.25) is 14.9 Å². The second-order valence-electron chi connectivity index (χ2n) is 5.80. The summed E-state index contributed by atoms with van der Waals surface area (Å²) < 4.78 is 5.40. The molecular formula is C21H15N3O5. The summed E-state index contributed by atoms with van der Waals surface area (Å²) in [6, 6.07) is 20.4. The molecule has 0 unspecified atom stereocenters. The van der Waals surface area contributed by atoms with Crippen molar-refractivity contribution in [3.63, 3.8) is 0 Å². The van der Waals surface area contributed by atoms with Crippen molar-refractivity contribution in [1.29, 1.82) is 0 Å². The number of rotatable bonds is 6. The van der Waals surface area contributed by atoms with Crippen molar-refractivity contribution in [2.75, 3.05) is 0 Å². The molecular weight excluding hydrogens is 374 g/mol. The highest BCUT2D eigenvalue weighted by atomic mass is 16.6. The Hall–Kier alpha value is -4.33. The zero-order chi connectivity index (χ0) is 20.6. The van der Waals surface area contributed by atoms with Gasteiger partial charge in [0.2, 0.25) is 0 Å². The molecule has 0 heterocycles. The molecule has 0 fully saturated rings. The van der Waals surface area contributed by atoms with Crippen molar-refractivity contribution in [2.45, 2.75) is 0 Å². The van der Waals surface area contributed by atoms with Crippen molar-refractivity contribution in [3.05, 3.63) is 106 Å². The zero-order valence-corrected chi connectivity index (χ0v) is 15.0. The normalized spacial score (nSPS) is 10.5. The van der Waals surface area contributed by atoms with Crippen LogP contribution in [0.2, 0.25) is 0 Å². The maximum Gasteiger partial charge on any atom is 0.343 e.